The second-order valence-electron chi connectivity index (χ2n) is 7.49. The van der Waals surface area contributed by atoms with Crippen LogP contribution in [0.4, 0.5) is 0 Å². The summed E-state index contributed by atoms with van der Waals surface area (Å²) in [7, 11) is 3.92. The Labute approximate surface area is 172 Å². The van der Waals surface area contributed by atoms with Gasteiger partial charge in [-0.15, -0.1) is 24.0 Å². The van der Waals surface area contributed by atoms with Crippen molar-refractivity contribution in [3.05, 3.63) is 33.3 Å². The minimum atomic E-state index is -0.324. The summed E-state index contributed by atoms with van der Waals surface area (Å²) in [5, 5.41) is 0. The average Bonchev–Trinajstić information content (AvgIpc) is 2.88. The summed E-state index contributed by atoms with van der Waals surface area (Å²) in [6.07, 6.45) is 8.00. The number of allylic oxidation sites excluding steroid dienone is 3. The molecule has 0 aromatic rings. The second kappa shape index (κ2) is 5.70. The molecule has 5 aliphatic rings. The number of ketones is 1. The smallest absolute Gasteiger partial charge is 0.197 e. The molecule has 0 aromatic carbocycles. The Balaban J connectivity index is 0.00000146. The Morgan fingerprint density at radius 3 is 2.96 bits per heavy atom. The highest BCUT2D eigenvalue weighted by Crippen LogP contribution is 2.68. The number of hydrogen-bond donors (Lipinski definition) is 0. The van der Waals surface area contributed by atoms with Crippen molar-refractivity contribution in [2.24, 2.45) is 23.2 Å². The summed E-state index contributed by atoms with van der Waals surface area (Å²) < 4.78 is 13.1. The molecule has 3 aliphatic carbocycles. The van der Waals surface area contributed by atoms with Crippen LogP contribution in [0.5, 0.6) is 0 Å². The fraction of sp³-hybridized carbons (Fsp3) is 0.611. The van der Waals surface area contributed by atoms with Crippen LogP contribution in [-0.2, 0) is 14.3 Å². The highest BCUT2D eigenvalue weighted by Gasteiger charge is 2.71. The number of carbonyl (C=O) groups is 1. The molecule has 2 unspecified atom stereocenters. The summed E-state index contributed by atoms with van der Waals surface area (Å²) in [4.78, 5) is 15.3. The molecule has 130 valence electrons. The lowest BCUT2D eigenvalue weighted by Crippen LogP contribution is -2.65. The zero-order valence-corrected chi connectivity index (χ0v) is 18.2. The third-order valence-corrected chi connectivity index (χ3v) is 7.74. The highest BCUT2D eigenvalue weighted by atomic mass is 127. The van der Waals surface area contributed by atoms with Crippen LogP contribution in [-0.4, -0.2) is 43.5 Å². The van der Waals surface area contributed by atoms with E-state index < -0.39 is 0 Å². The summed E-state index contributed by atoms with van der Waals surface area (Å²) in [5.41, 5.74) is -0.0771. The lowest BCUT2D eigenvalue weighted by molar-refractivity contribution is -0.141. The predicted molar refractivity (Wildman–Crippen MR) is 109 cm³/mol. The van der Waals surface area contributed by atoms with Gasteiger partial charge in [0.25, 0.3) is 0 Å². The molecule has 2 aliphatic heterocycles. The first kappa shape index (κ1) is 17.3. The van der Waals surface area contributed by atoms with Crippen molar-refractivity contribution in [1.82, 2.24) is 4.90 Å². The van der Waals surface area contributed by atoms with Crippen molar-refractivity contribution >= 4 is 52.4 Å². The largest absolute Gasteiger partial charge is 0.493 e. The number of rotatable bonds is 1. The molecule has 24 heavy (non-hydrogen) atoms. The number of likely N-dealkylation sites (tertiary alicyclic amines) is 1. The van der Waals surface area contributed by atoms with Gasteiger partial charge in [-0.2, -0.15) is 0 Å². The van der Waals surface area contributed by atoms with Crippen LogP contribution in [0.1, 0.15) is 12.8 Å². The van der Waals surface area contributed by atoms with Gasteiger partial charge in [-0.1, -0.05) is 6.08 Å². The third kappa shape index (κ3) is 1.91. The van der Waals surface area contributed by atoms with E-state index in [-0.39, 0.29) is 41.3 Å². The van der Waals surface area contributed by atoms with Crippen molar-refractivity contribution in [3.8, 4) is 0 Å². The fourth-order valence-electron chi connectivity index (χ4n) is 5.92. The molecular weight excluding hydrogens is 532 g/mol. The molecule has 0 radical (unpaired) electrons. The van der Waals surface area contributed by atoms with Crippen LogP contribution in [0.25, 0.3) is 0 Å². The lowest BCUT2D eigenvalue weighted by atomic mass is 9.48. The molecule has 6 heteroatoms. The van der Waals surface area contributed by atoms with Gasteiger partial charge in [-0.3, -0.25) is 4.79 Å². The topological polar surface area (TPSA) is 38.8 Å². The van der Waals surface area contributed by atoms with Gasteiger partial charge in [-0.05, 0) is 70.7 Å². The zero-order chi connectivity index (χ0) is 15.9. The SMILES string of the molecule is COC1=C2O[C@H]3C(=O)C=C(I)[C@H]4[C@H]5CC(C=C1)C2[C@@]34CCN5C.I. The fourth-order valence-corrected chi connectivity index (χ4v) is 7.22. The Hall–Kier alpha value is -0.0900. The van der Waals surface area contributed by atoms with Gasteiger partial charge in [0.1, 0.15) is 5.76 Å². The van der Waals surface area contributed by atoms with Gasteiger partial charge in [0.05, 0.1) is 7.11 Å². The summed E-state index contributed by atoms with van der Waals surface area (Å²) in [5.74, 6) is 3.05. The van der Waals surface area contributed by atoms with Crippen molar-refractivity contribution in [2.75, 3.05) is 20.7 Å². The van der Waals surface area contributed by atoms with E-state index in [0.717, 1.165) is 30.9 Å². The first-order valence-electron chi connectivity index (χ1n) is 8.32. The molecule has 2 bridgehead atoms. The maximum absolute atomic E-state index is 12.8. The number of halogens is 2. The van der Waals surface area contributed by atoms with Crippen LogP contribution in [0.2, 0.25) is 0 Å². The molecule has 5 rings (SSSR count). The molecule has 6 atom stereocenters. The Morgan fingerprint density at radius 1 is 1.42 bits per heavy atom. The summed E-state index contributed by atoms with van der Waals surface area (Å²) in [6, 6.07) is 0.500. The third-order valence-electron chi connectivity index (χ3n) is 6.76. The summed E-state index contributed by atoms with van der Waals surface area (Å²) >= 11 is 2.40. The number of carbonyl (C=O) groups excluding carboxylic acids is 1. The maximum Gasteiger partial charge on any atom is 0.197 e. The van der Waals surface area contributed by atoms with Gasteiger partial charge in [0.15, 0.2) is 17.6 Å². The summed E-state index contributed by atoms with van der Waals surface area (Å²) in [6.45, 7) is 1.04. The Morgan fingerprint density at radius 2 is 2.21 bits per heavy atom. The van der Waals surface area contributed by atoms with Crippen molar-refractivity contribution in [2.45, 2.75) is 25.0 Å². The van der Waals surface area contributed by atoms with Crippen LogP contribution in [0.15, 0.2) is 33.3 Å². The van der Waals surface area contributed by atoms with Crippen LogP contribution >= 0.6 is 46.6 Å². The van der Waals surface area contributed by atoms with Crippen LogP contribution in [0, 0.1) is 23.2 Å². The number of piperidine rings is 1. The van der Waals surface area contributed by atoms with E-state index in [2.05, 4.69) is 40.6 Å². The minimum absolute atomic E-state index is 0. The number of methoxy groups -OCH3 is 1. The second-order valence-corrected chi connectivity index (χ2v) is 8.73. The van der Waals surface area contributed by atoms with Gasteiger partial charge < -0.3 is 14.4 Å². The Kier molecular flexibility index (Phi) is 4.12. The van der Waals surface area contributed by atoms with Crippen LogP contribution < -0.4 is 0 Å². The van der Waals surface area contributed by atoms with Crippen molar-refractivity contribution < 1.29 is 14.3 Å². The minimum Gasteiger partial charge on any atom is -0.493 e. The molecule has 1 saturated carbocycles. The van der Waals surface area contributed by atoms with E-state index in [9.17, 15) is 4.79 Å². The highest BCUT2D eigenvalue weighted by molar-refractivity contribution is 14.1. The standard InChI is InChI=1S/C18H20INO3.HI/c1-20-6-5-18-14-9-3-4-13(22-2)16(14)23-17(18)12(21)8-10(19)15(18)11(20)7-9;/h3-4,8-9,11,14-15,17H,5-7H2,1-2H3;1H/t9?,11-,14?,15+,17+,18-;/m1./s1. The van der Waals surface area contributed by atoms with E-state index in [4.69, 9.17) is 9.47 Å². The van der Waals surface area contributed by atoms with E-state index >= 15 is 0 Å². The quantitative estimate of drug-likeness (QED) is 0.468. The van der Waals surface area contributed by atoms with Gasteiger partial charge >= 0.3 is 0 Å². The molecular formula is C18H21I2NO3. The van der Waals surface area contributed by atoms with E-state index in [1.807, 2.05) is 12.2 Å². The van der Waals surface area contributed by atoms with Crippen molar-refractivity contribution in [3.63, 3.8) is 0 Å². The van der Waals surface area contributed by atoms with Gasteiger partial charge in [0.2, 0.25) is 0 Å². The molecule has 0 aromatic heterocycles. The molecule has 2 saturated heterocycles. The Bertz CT molecular complexity index is 700. The molecule has 4 nitrogen and oxygen atoms in total. The number of nitrogens with zero attached hydrogens (tertiary/aromatic N) is 1. The molecule has 3 fully saturated rings. The molecule has 0 amide bonds. The molecule has 2 heterocycles. The molecule has 0 N–H and O–H groups in total. The first-order valence-corrected chi connectivity index (χ1v) is 9.40. The van der Waals surface area contributed by atoms with E-state index in [1.165, 1.54) is 3.58 Å². The number of ether oxygens (including phenoxy) is 2. The lowest BCUT2D eigenvalue weighted by Gasteiger charge is -2.60. The predicted octanol–water partition coefficient (Wildman–Crippen LogP) is 3.28. The zero-order valence-electron chi connectivity index (χ0n) is 13.7. The first-order chi connectivity index (χ1) is 11.1. The van der Waals surface area contributed by atoms with Gasteiger partial charge in [0, 0.05) is 23.3 Å². The monoisotopic (exact) mass is 553 g/mol. The van der Waals surface area contributed by atoms with Crippen LogP contribution in [0.3, 0.4) is 0 Å². The normalized spacial score (nSPS) is 45.2. The van der Waals surface area contributed by atoms with E-state index in [1.54, 1.807) is 7.11 Å². The van der Waals surface area contributed by atoms with Crippen molar-refractivity contribution in [1.29, 1.82) is 0 Å². The molecule has 1 spiro atoms. The average molecular weight is 553 g/mol. The van der Waals surface area contributed by atoms with E-state index in [0.29, 0.717) is 23.8 Å². The van der Waals surface area contributed by atoms with Gasteiger partial charge in [-0.25, -0.2) is 0 Å². The maximum atomic E-state index is 12.8. The number of hydrogen-bond acceptors (Lipinski definition) is 4.